The summed E-state index contributed by atoms with van der Waals surface area (Å²) >= 11 is 3.31. The van der Waals surface area contributed by atoms with Crippen LogP contribution < -0.4 is 0 Å². The first-order chi connectivity index (χ1) is 8.29. The molecule has 0 bridgehead atoms. The van der Waals surface area contributed by atoms with Crippen molar-refractivity contribution in [3.63, 3.8) is 0 Å². The Balaban J connectivity index is 2.15. The molecule has 0 spiro atoms. The number of ether oxygens (including phenoxy) is 1. The number of hydrogen-bond acceptors (Lipinski definition) is 5. The number of hydrogen-bond donors (Lipinski definition) is 0. The smallest absolute Gasteiger partial charge is 0.250 e. The van der Waals surface area contributed by atoms with Crippen LogP contribution >= 0.6 is 15.9 Å². The molecular weight excluding hydrogens is 286 g/mol. The van der Waals surface area contributed by atoms with Crippen LogP contribution in [0.4, 0.5) is 0 Å². The third-order valence-electron chi connectivity index (χ3n) is 1.92. The molecule has 0 atom stereocenters. The van der Waals surface area contributed by atoms with E-state index in [1.54, 1.807) is 25.5 Å². The van der Waals surface area contributed by atoms with Gasteiger partial charge < -0.3 is 9.26 Å². The van der Waals surface area contributed by atoms with Crippen LogP contribution in [0.5, 0.6) is 0 Å². The van der Waals surface area contributed by atoms with Crippen molar-refractivity contribution in [2.75, 3.05) is 13.7 Å². The van der Waals surface area contributed by atoms with Crippen molar-refractivity contribution in [2.24, 2.45) is 0 Å². The lowest BCUT2D eigenvalue weighted by atomic mass is 10.3. The molecule has 0 radical (unpaired) electrons. The van der Waals surface area contributed by atoms with Gasteiger partial charge in [0, 0.05) is 23.9 Å². The van der Waals surface area contributed by atoms with E-state index in [1.807, 2.05) is 12.1 Å². The molecule has 0 N–H and O–H groups in total. The van der Waals surface area contributed by atoms with Crippen LogP contribution in [0, 0.1) is 0 Å². The van der Waals surface area contributed by atoms with E-state index in [-0.39, 0.29) is 0 Å². The van der Waals surface area contributed by atoms with Gasteiger partial charge in [0.2, 0.25) is 5.82 Å². The van der Waals surface area contributed by atoms with E-state index >= 15 is 0 Å². The Bertz CT molecular complexity index is 508. The second-order valence-electron chi connectivity index (χ2n) is 3.18. The SMILES string of the molecule is COC/C=C/c1nc(-c2ccc(Br)cn2)no1. The summed E-state index contributed by atoms with van der Waals surface area (Å²) in [6.45, 7) is 0.508. The van der Waals surface area contributed by atoms with Gasteiger partial charge in [-0.15, -0.1) is 0 Å². The van der Waals surface area contributed by atoms with Crippen molar-refractivity contribution >= 4 is 22.0 Å². The fraction of sp³-hybridized carbons (Fsp3) is 0.182. The fourth-order valence-corrected chi connectivity index (χ4v) is 1.39. The van der Waals surface area contributed by atoms with Gasteiger partial charge in [-0.1, -0.05) is 11.2 Å². The molecule has 88 valence electrons. The van der Waals surface area contributed by atoms with E-state index in [1.165, 1.54) is 0 Å². The zero-order valence-electron chi connectivity index (χ0n) is 9.13. The first-order valence-corrected chi connectivity index (χ1v) is 5.70. The van der Waals surface area contributed by atoms with Gasteiger partial charge >= 0.3 is 0 Å². The number of halogens is 1. The van der Waals surface area contributed by atoms with Crippen LogP contribution in [0.2, 0.25) is 0 Å². The third kappa shape index (κ3) is 3.21. The second kappa shape index (κ2) is 5.70. The number of pyridine rings is 1. The van der Waals surface area contributed by atoms with E-state index in [2.05, 4.69) is 31.1 Å². The number of rotatable bonds is 4. The summed E-state index contributed by atoms with van der Waals surface area (Å²) in [5.74, 6) is 0.899. The molecule has 17 heavy (non-hydrogen) atoms. The van der Waals surface area contributed by atoms with E-state index < -0.39 is 0 Å². The predicted molar refractivity (Wildman–Crippen MR) is 66.1 cm³/mol. The van der Waals surface area contributed by atoms with Gasteiger partial charge in [-0.25, -0.2) is 0 Å². The van der Waals surface area contributed by atoms with Crippen LogP contribution in [0.1, 0.15) is 5.89 Å². The summed E-state index contributed by atoms with van der Waals surface area (Å²) in [7, 11) is 1.62. The number of aromatic nitrogens is 3. The molecule has 5 nitrogen and oxygen atoms in total. The van der Waals surface area contributed by atoms with E-state index in [0.29, 0.717) is 24.0 Å². The van der Waals surface area contributed by atoms with Crippen molar-refractivity contribution in [1.82, 2.24) is 15.1 Å². The number of nitrogens with zero attached hydrogens (tertiary/aromatic N) is 3. The van der Waals surface area contributed by atoms with Crippen LogP contribution in [-0.2, 0) is 4.74 Å². The zero-order chi connectivity index (χ0) is 12.1. The molecule has 2 rings (SSSR count). The Hall–Kier alpha value is -1.53. The molecule has 0 saturated heterocycles. The maximum absolute atomic E-state index is 5.04. The molecule has 2 heterocycles. The first kappa shape index (κ1) is 11.9. The molecule has 0 aromatic carbocycles. The summed E-state index contributed by atoms with van der Waals surface area (Å²) in [5, 5.41) is 3.84. The highest BCUT2D eigenvalue weighted by atomic mass is 79.9. The molecule has 0 fully saturated rings. The lowest BCUT2D eigenvalue weighted by Gasteiger charge is -1.92. The van der Waals surface area contributed by atoms with E-state index in [9.17, 15) is 0 Å². The maximum Gasteiger partial charge on any atom is 0.250 e. The summed E-state index contributed by atoms with van der Waals surface area (Å²) in [5.41, 5.74) is 0.670. The van der Waals surface area contributed by atoms with Crippen LogP contribution in [-0.4, -0.2) is 28.8 Å². The Morgan fingerprint density at radius 3 is 3.06 bits per heavy atom. The third-order valence-corrected chi connectivity index (χ3v) is 2.39. The molecule has 0 amide bonds. The van der Waals surface area contributed by atoms with Crippen molar-refractivity contribution in [1.29, 1.82) is 0 Å². The average Bonchev–Trinajstić information content (AvgIpc) is 2.79. The molecule has 0 aliphatic rings. The van der Waals surface area contributed by atoms with Crippen molar-refractivity contribution in [3.8, 4) is 11.5 Å². The molecule has 0 unspecified atom stereocenters. The molecule has 6 heteroatoms. The van der Waals surface area contributed by atoms with Crippen LogP contribution in [0.3, 0.4) is 0 Å². The second-order valence-corrected chi connectivity index (χ2v) is 4.09. The monoisotopic (exact) mass is 295 g/mol. The summed E-state index contributed by atoms with van der Waals surface area (Å²) in [4.78, 5) is 8.36. The summed E-state index contributed by atoms with van der Waals surface area (Å²) in [6, 6.07) is 3.69. The normalized spacial score (nSPS) is 11.2. The highest BCUT2D eigenvalue weighted by Crippen LogP contribution is 2.16. The van der Waals surface area contributed by atoms with Crippen molar-refractivity contribution < 1.29 is 9.26 Å². The molecule has 2 aromatic rings. The molecule has 0 saturated carbocycles. The van der Waals surface area contributed by atoms with Crippen LogP contribution in [0.25, 0.3) is 17.6 Å². The standard InChI is InChI=1S/C11H10BrN3O2/c1-16-6-2-3-10-14-11(15-17-10)9-5-4-8(12)7-13-9/h2-5,7H,6H2,1H3/b3-2+. The van der Waals surface area contributed by atoms with Gasteiger partial charge in [0.15, 0.2) is 0 Å². The lowest BCUT2D eigenvalue weighted by molar-refractivity contribution is 0.234. The molecule has 0 aliphatic carbocycles. The van der Waals surface area contributed by atoms with Crippen molar-refractivity contribution in [2.45, 2.75) is 0 Å². The van der Waals surface area contributed by atoms with Gasteiger partial charge in [0.05, 0.1) is 6.61 Å². The quantitative estimate of drug-likeness (QED) is 0.867. The maximum atomic E-state index is 5.04. The van der Waals surface area contributed by atoms with Crippen molar-refractivity contribution in [3.05, 3.63) is 34.8 Å². The van der Waals surface area contributed by atoms with E-state index in [4.69, 9.17) is 9.26 Å². The van der Waals surface area contributed by atoms with Gasteiger partial charge in [-0.3, -0.25) is 4.98 Å². The minimum absolute atomic E-state index is 0.432. The highest BCUT2D eigenvalue weighted by Gasteiger charge is 2.07. The molecule has 2 aromatic heterocycles. The largest absolute Gasteiger partial charge is 0.381 e. The van der Waals surface area contributed by atoms with Gasteiger partial charge in [0.1, 0.15) is 5.69 Å². The Labute approximate surface area is 107 Å². The lowest BCUT2D eigenvalue weighted by Crippen LogP contribution is -1.85. The van der Waals surface area contributed by atoms with Crippen LogP contribution in [0.15, 0.2) is 33.4 Å². The highest BCUT2D eigenvalue weighted by molar-refractivity contribution is 9.10. The topological polar surface area (TPSA) is 61.0 Å². The Kier molecular flexibility index (Phi) is 4.00. The Morgan fingerprint density at radius 1 is 1.47 bits per heavy atom. The molecule has 0 aliphatic heterocycles. The molecular formula is C11H10BrN3O2. The van der Waals surface area contributed by atoms with Gasteiger partial charge in [0.25, 0.3) is 5.89 Å². The predicted octanol–water partition coefficient (Wildman–Crippen LogP) is 2.55. The van der Waals surface area contributed by atoms with Gasteiger partial charge in [-0.05, 0) is 28.1 Å². The summed E-state index contributed by atoms with van der Waals surface area (Å²) < 4.78 is 10.8. The minimum Gasteiger partial charge on any atom is -0.381 e. The fourth-order valence-electron chi connectivity index (χ4n) is 1.16. The minimum atomic E-state index is 0.432. The number of methoxy groups -OCH3 is 1. The van der Waals surface area contributed by atoms with Gasteiger partial charge in [-0.2, -0.15) is 4.98 Å². The summed E-state index contributed by atoms with van der Waals surface area (Å²) in [6.07, 6.45) is 5.19. The average molecular weight is 296 g/mol. The first-order valence-electron chi connectivity index (χ1n) is 4.90. The Morgan fingerprint density at radius 2 is 2.35 bits per heavy atom. The zero-order valence-corrected chi connectivity index (χ0v) is 10.7. The van der Waals surface area contributed by atoms with E-state index in [0.717, 1.165) is 4.47 Å².